The Morgan fingerprint density at radius 1 is 1.06 bits per heavy atom. The van der Waals surface area contributed by atoms with Crippen molar-refractivity contribution in [3.8, 4) is 22.8 Å². The van der Waals surface area contributed by atoms with Gasteiger partial charge in [-0.2, -0.15) is 0 Å². The average Bonchev–Trinajstić information content (AvgIpc) is 2.80. The third kappa shape index (κ3) is 4.40. The van der Waals surface area contributed by atoms with Crippen LogP contribution in [0.25, 0.3) is 11.3 Å². The number of aryl methyl sites for hydroxylation is 4. The van der Waals surface area contributed by atoms with Gasteiger partial charge in [-0.1, -0.05) is 17.7 Å². The minimum atomic E-state index is -0.0487. The van der Waals surface area contributed by atoms with Crippen LogP contribution in [0.5, 0.6) is 11.5 Å². The van der Waals surface area contributed by atoms with Crippen molar-refractivity contribution in [2.45, 2.75) is 47.2 Å². The Balaban J connectivity index is 1.99. The summed E-state index contributed by atoms with van der Waals surface area (Å²) in [4.78, 5) is 18.7. The number of likely N-dealkylation sites (N-methyl/N-ethyl adjacent to an activating group) is 1. The van der Waals surface area contributed by atoms with E-state index in [1.54, 1.807) is 11.7 Å². The Morgan fingerprint density at radius 3 is 2.44 bits per heavy atom. The van der Waals surface area contributed by atoms with Gasteiger partial charge < -0.3 is 14.8 Å². The second-order valence-electron chi connectivity index (χ2n) is 8.78. The van der Waals surface area contributed by atoms with Gasteiger partial charge in [-0.3, -0.25) is 9.13 Å². The van der Waals surface area contributed by atoms with Crippen molar-refractivity contribution >= 4 is 5.69 Å². The molecule has 0 amide bonds. The highest BCUT2D eigenvalue weighted by Gasteiger charge is 2.22. The molecule has 0 spiro atoms. The summed E-state index contributed by atoms with van der Waals surface area (Å²) in [6.45, 7) is 10.6. The fourth-order valence-corrected chi connectivity index (χ4v) is 4.76. The number of methoxy groups -OCH3 is 1. The van der Waals surface area contributed by atoms with Gasteiger partial charge in [0.25, 0.3) is 0 Å². The lowest BCUT2D eigenvalue weighted by Crippen LogP contribution is -2.43. The van der Waals surface area contributed by atoms with Gasteiger partial charge >= 0.3 is 5.69 Å². The predicted octanol–water partition coefficient (Wildman–Crippen LogP) is 3.66. The third-order valence-corrected chi connectivity index (χ3v) is 6.31. The van der Waals surface area contributed by atoms with Crippen molar-refractivity contribution in [1.29, 1.82) is 0 Å². The summed E-state index contributed by atoms with van der Waals surface area (Å²) < 4.78 is 15.0. The van der Waals surface area contributed by atoms with Crippen LogP contribution in [-0.4, -0.2) is 36.4 Å². The number of hydrogen-bond acceptors (Lipinski definition) is 5. The molecule has 4 rings (SSSR count). The quantitative estimate of drug-likeness (QED) is 0.582. The summed E-state index contributed by atoms with van der Waals surface area (Å²) in [6.07, 6.45) is 0.755. The van der Waals surface area contributed by atoms with Crippen LogP contribution in [0.15, 0.2) is 40.1 Å². The first-order chi connectivity index (χ1) is 16.4. The minimum Gasteiger partial charge on any atom is -0.493 e. The maximum absolute atomic E-state index is 13.7. The van der Waals surface area contributed by atoms with Crippen molar-refractivity contribution in [2.24, 2.45) is 4.99 Å². The highest BCUT2D eigenvalue weighted by Crippen LogP contribution is 2.37. The smallest absolute Gasteiger partial charge is 0.330 e. The number of nitrogens with one attached hydrogen (secondary N) is 1. The molecule has 2 aromatic carbocycles. The number of nitrogens with zero attached hydrogens (tertiary/aromatic N) is 3. The van der Waals surface area contributed by atoms with Gasteiger partial charge in [0.05, 0.1) is 25.1 Å². The average molecular weight is 463 g/mol. The lowest BCUT2D eigenvalue weighted by Gasteiger charge is -2.25. The number of fused-ring (bicyclic) bond motifs is 3. The molecule has 1 aliphatic heterocycles. The van der Waals surface area contributed by atoms with Crippen LogP contribution in [0.3, 0.4) is 0 Å². The van der Waals surface area contributed by atoms with E-state index >= 15 is 0 Å². The first kappa shape index (κ1) is 23.8. The second kappa shape index (κ2) is 9.89. The molecule has 1 aromatic heterocycles. The molecule has 1 aliphatic rings. The molecule has 7 heteroatoms. The van der Waals surface area contributed by atoms with Gasteiger partial charge in [0.15, 0.2) is 11.5 Å². The predicted molar refractivity (Wildman–Crippen MR) is 135 cm³/mol. The molecule has 0 saturated heterocycles. The topological polar surface area (TPSA) is 69.8 Å². The van der Waals surface area contributed by atoms with Gasteiger partial charge in [0.1, 0.15) is 5.49 Å². The monoisotopic (exact) mass is 462 g/mol. The zero-order valence-corrected chi connectivity index (χ0v) is 21.0. The highest BCUT2D eigenvalue weighted by atomic mass is 16.5. The van der Waals surface area contributed by atoms with E-state index in [0.717, 1.165) is 45.8 Å². The maximum Gasteiger partial charge on any atom is 0.330 e. The molecule has 0 bridgehead atoms. The fourth-order valence-electron chi connectivity index (χ4n) is 4.76. The molecule has 0 saturated carbocycles. The van der Waals surface area contributed by atoms with Gasteiger partial charge in [-0.25, -0.2) is 9.79 Å². The normalized spacial score (nSPS) is 12.9. The van der Waals surface area contributed by atoms with E-state index in [1.165, 1.54) is 5.56 Å². The number of aromatic nitrogens is 2. The standard InChI is InChI=1S/C27H34N4O3/c1-7-34-24-14-20-8-10-30-22(21(20)15-23(24)33-6)16-25(31(27(30)32)11-9-28-5)29-26-18(3)12-17(2)13-19(26)4/h12-16,28H,7-11H2,1-6H3/b29-25+. The number of rotatable bonds is 7. The Labute approximate surface area is 200 Å². The molecule has 0 atom stereocenters. The first-order valence-electron chi connectivity index (χ1n) is 11.8. The number of benzene rings is 2. The summed E-state index contributed by atoms with van der Waals surface area (Å²) >= 11 is 0. The Morgan fingerprint density at radius 2 is 1.79 bits per heavy atom. The first-order valence-corrected chi connectivity index (χ1v) is 11.8. The van der Waals surface area contributed by atoms with Crippen molar-refractivity contribution in [3.63, 3.8) is 0 Å². The van der Waals surface area contributed by atoms with E-state index in [0.29, 0.717) is 37.5 Å². The van der Waals surface area contributed by atoms with Crippen LogP contribution in [0.1, 0.15) is 29.2 Å². The van der Waals surface area contributed by atoms with Crippen molar-refractivity contribution < 1.29 is 9.47 Å². The van der Waals surface area contributed by atoms with Gasteiger partial charge in [-0.15, -0.1) is 0 Å². The minimum absolute atomic E-state index is 0.0487. The molecule has 0 aliphatic carbocycles. The fraction of sp³-hybridized carbons (Fsp3) is 0.407. The van der Waals surface area contributed by atoms with Crippen LogP contribution in [0.2, 0.25) is 0 Å². The van der Waals surface area contributed by atoms with E-state index < -0.39 is 0 Å². The molecule has 0 fully saturated rings. The summed E-state index contributed by atoms with van der Waals surface area (Å²) in [5, 5.41) is 3.15. The zero-order chi connectivity index (χ0) is 24.4. The Kier molecular flexibility index (Phi) is 6.93. The van der Waals surface area contributed by atoms with Crippen molar-refractivity contribution in [1.82, 2.24) is 14.5 Å². The summed E-state index contributed by atoms with van der Waals surface area (Å²) in [6, 6.07) is 10.3. The lowest BCUT2D eigenvalue weighted by atomic mass is 9.97. The van der Waals surface area contributed by atoms with Gasteiger partial charge in [0.2, 0.25) is 0 Å². The molecule has 7 nitrogen and oxygen atoms in total. The second-order valence-corrected chi connectivity index (χ2v) is 8.78. The highest BCUT2D eigenvalue weighted by molar-refractivity contribution is 5.70. The molecular formula is C27H34N4O3. The van der Waals surface area contributed by atoms with Crippen LogP contribution in [-0.2, 0) is 19.5 Å². The van der Waals surface area contributed by atoms with E-state index in [9.17, 15) is 4.79 Å². The van der Waals surface area contributed by atoms with Crippen LogP contribution < -0.4 is 26.0 Å². The molecule has 180 valence electrons. The molecule has 3 aromatic rings. The largest absolute Gasteiger partial charge is 0.493 e. The summed E-state index contributed by atoms with van der Waals surface area (Å²) in [5.74, 6) is 1.40. The van der Waals surface area contributed by atoms with Gasteiger partial charge in [0, 0.05) is 31.3 Å². The lowest BCUT2D eigenvalue weighted by molar-refractivity contribution is 0.310. The van der Waals surface area contributed by atoms with E-state index in [-0.39, 0.29) is 5.69 Å². The van der Waals surface area contributed by atoms with E-state index in [1.807, 2.05) is 36.7 Å². The van der Waals surface area contributed by atoms with Crippen molar-refractivity contribution in [2.75, 3.05) is 27.3 Å². The SMILES string of the molecule is CCOc1cc2c(cc1OC)-c1c/c(=N\c3c(C)cc(C)cc3C)n(CCNC)c(=O)n1CC2. The Hall–Kier alpha value is -3.32. The maximum atomic E-state index is 13.7. The number of ether oxygens (including phenoxy) is 2. The third-order valence-electron chi connectivity index (χ3n) is 6.31. The zero-order valence-electron chi connectivity index (χ0n) is 21.0. The van der Waals surface area contributed by atoms with Crippen LogP contribution >= 0.6 is 0 Å². The van der Waals surface area contributed by atoms with Crippen molar-refractivity contribution in [3.05, 3.63) is 68.6 Å². The summed E-state index contributed by atoms with van der Waals surface area (Å²) in [7, 11) is 3.53. The molecule has 2 heterocycles. The van der Waals surface area contributed by atoms with E-state index in [4.69, 9.17) is 14.5 Å². The molecule has 1 N–H and O–H groups in total. The van der Waals surface area contributed by atoms with Crippen LogP contribution in [0, 0.1) is 20.8 Å². The van der Waals surface area contributed by atoms with E-state index in [2.05, 4.69) is 38.2 Å². The molecule has 0 unspecified atom stereocenters. The van der Waals surface area contributed by atoms with Gasteiger partial charge in [-0.05, 0) is 70.0 Å². The molecule has 34 heavy (non-hydrogen) atoms. The van der Waals surface area contributed by atoms with Crippen LogP contribution in [0.4, 0.5) is 5.69 Å². The molecular weight excluding hydrogens is 428 g/mol. The Bertz CT molecular complexity index is 1330. The summed E-state index contributed by atoms with van der Waals surface area (Å²) in [5.41, 5.74) is 7.90. The number of hydrogen-bond donors (Lipinski definition) is 1. The molecule has 0 radical (unpaired) electrons.